The van der Waals surface area contributed by atoms with Gasteiger partial charge in [-0.25, -0.2) is 9.97 Å². The maximum atomic E-state index is 7.34. The van der Waals surface area contributed by atoms with Crippen molar-refractivity contribution in [2.24, 2.45) is 5.73 Å². The molecule has 0 fully saturated rings. The first-order chi connectivity index (χ1) is 10.2. The fraction of sp³-hybridized carbons (Fsp3) is 0.0714. The van der Waals surface area contributed by atoms with Gasteiger partial charge in [-0.05, 0) is 36.0 Å². The van der Waals surface area contributed by atoms with Gasteiger partial charge in [0.1, 0.15) is 16.6 Å². The molecule has 3 rings (SSSR count). The quantitative estimate of drug-likeness (QED) is 0.507. The van der Waals surface area contributed by atoms with Crippen LogP contribution in [0.5, 0.6) is 5.75 Å². The number of nitrogens with one attached hydrogen (secondary N) is 2. The van der Waals surface area contributed by atoms with Gasteiger partial charge in [-0.15, -0.1) is 0 Å². The Morgan fingerprint density at radius 3 is 2.86 bits per heavy atom. The van der Waals surface area contributed by atoms with Crippen LogP contribution in [0.2, 0.25) is 0 Å². The molecular weight excluding hydrogens is 286 g/mol. The number of nitrogen functional groups attached to an aromatic ring is 1. The summed E-state index contributed by atoms with van der Waals surface area (Å²) in [4.78, 5) is 12.0. The number of pyridine rings is 1. The predicted molar refractivity (Wildman–Crippen MR) is 82.0 cm³/mol. The Bertz CT molecular complexity index is 797. The van der Waals surface area contributed by atoms with Crippen molar-refractivity contribution in [1.29, 1.82) is 5.41 Å². The number of ether oxygens (including phenoxy) is 1. The number of hydrogen-bond donors (Lipinski definition) is 3. The molecule has 6 nitrogen and oxygen atoms in total. The highest BCUT2D eigenvalue weighted by molar-refractivity contribution is 7.99. The smallest absolute Gasteiger partial charge is 0.172 e. The van der Waals surface area contributed by atoms with Crippen molar-refractivity contribution >= 4 is 28.6 Å². The first-order valence-electron chi connectivity index (χ1n) is 6.18. The summed E-state index contributed by atoms with van der Waals surface area (Å²) in [6.45, 7) is 0. The van der Waals surface area contributed by atoms with Crippen molar-refractivity contribution in [2.75, 3.05) is 7.11 Å². The third-order valence-electron chi connectivity index (χ3n) is 2.92. The Labute approximate surface area is 125 Å². The van der Waals surface area contributed by atoms with E-state index in [-0.39, 0.29) is 5.84 Å². The van der Waals surface area contributed by atoms with Crippen LogP contribution in [0.1, 0.15) is 5.56 Å². The maximum absolute atomic E-state index is 7.34. The van der Waals surface area contributed by atoms with Gasteiger partial charge in [0.05, 0.1) is 18.1 Å². The molecule has 3 aromatic rings. The number of nitrogens with zero attached hydrogens (tertiary/aromatic N) is 2. The van der Waals surface area contributed by atoms with Gasteiger partial charge in [0.15, 0.2) is 5.16 Å². The number of aromatic amines is 1. The second-order valence-corrected chi connectivity index (χ2v) is 5.33. The van der Waals surface area contributed by atoms with E-state index in [1.54, 1.807) is 19.4 Å². The average molecular weight is 299 g/mol. The molecule has 0 aliphatic heterocycles. The molecule has 0 radical (unpaired) electrons. The highest BCUT2D eigenvalue weighted by Crippen LogP contribution is 2.27. The summed E-state index contributed by atoms with van der Waals surface area (Å²) in [5.74, 6) is 0.793. The molecule has 0 aliphatic rings. The second-order valence-electron chi connectivity index (χ2n) is 4.33. The van der Waals surface area contributed by atoms with Crippen molar-refractivity contribution in [1.82, 2.24) is 15.0 Å². The maximum Gasteiger partial charge on any atom is 0.172 e. The number of benzene rings is 1. The van der Waals surface area contributed by atoms with Crippen molar-refractivity contribution in [3.63, 3.8) is 0 Å². The van der Waals surface area contributed by atoms with Gasteiger partial charge in [-0.1, -0.05) is 0 Å². The lowest BCUT2D eigenvalue weighted by Crippen LogP contribution is -2.10. The number of hydrogen-bond acceptors (Lipinski definition) is 5. The SMILES string of the molecule is COc1ccc2nc(Sc3ccc(C(=N)N)cn3)[nH]c2c1. The minimum absolute atomic E-state index is 0.00915. The Morgan fingerprint density at radius 1 is 1.33 bits per heavy atom. The molecule has 2 aromatic heterocycles. The lowest BCUT2D eigenvalue weighted by molar-refractivity contribution is 0.415. The molecule has 4 N–H and O–H groups in total. The Morgan fingerprint density at radius 2 is 2.19 bits per heavy atom. The van der Waals surface area contributed by atoms with E-state index in [4.69, 9.17) is 15.9 Å². The van der Waals surface area contributed by atoms with E-state index in [1.807, 2.05) is 24.3 Å². The first-order valence-corrected chi connectivity index (χ1v) is 6.99. The topological polar surface area (TPSA) is 101 Å². The summed E-state index contributed by atoms with van der Waals surface area (Å²) < 4.78 is 5.19. The summed E-state index contributed by atoms with van der Waals surface area (Å²) in [5.41, 5.74) is 7.79. The monoisotopic (exact) mass is 299 g/mol. The van der Waals surface area contributed by atoms with Gasteiger partial charge in [0.2, 0.25) is 0 Å². The van der Waals surface area contributed by atoms with Crippen molar-refractivity contribution in [3.8, 4) is 5.75 Å². The molecule has 0 spiro atoms. The van der Waals surface area contributed by atoms with E-state index in [0.29, 0.717) is 5.56 Å². The molecule has 0 amide bonds. The van der Waals surface area contributed by atoms with Gasteiger partial charge in [0.25, 0.3) is 0 Å². The van der Waals surface area contributed by atoms with E-state index in [0.717, 1.165) is 27.0 Å². The van der Waals surface area contributed by atoms with E-state index in [2.05, 4.69) is 15.0 Å². The molecule has 0 saturated heterocycles. The second kappa shape index (κ2) is 5.45. The average Bonchev–Trinajstić information content (AvgIpc) is 2.88. The molecule has 0 atom stereocenters. The molecule has 2 heterocycles. The van der Waals surface area contributed by atoms with Crippen LogP contribution in [0, 0.1) is 5.41 Å². The fourth-order valence-corrected chi connectivity index (χ4v) is 2.58. The molecule has 0 aliphatic carbocycles. The van der Waals surface area contributed by atoms with E-state index in [1.165, 1.54) is 11.8 Å². The van der Waals surface area contributed by atoms with Gasteiger partial charge < -0.3 is 15.5 Å². The zero-order valence-corrected chi connectivity index (χ0v) is 12.1. The first kappa shape index (κ1) is 13.4. The Kier molecular flexibility index (Phi) is 3.49. The minimum Gasteiger partial charge on any atom is -0.497 e. The molecule has 21 heavy (non-hydrogen) atoms. The molecule has 0 bridgehead atoms. The van der Waals surface area contributed by atoms with E-state index < -0.39 is 0 Å². The van der Waals surface area contributed by atoms with E-state index in [9.17, 15) is 0 Å². The number of rotatable bonds is 4. The zero-order valence-electron chi connectivity index (χ0n) is 11.3. The number of methoxy groups -OCH3 is 1. The largest absolute Gasteiger partial charge is 0.497 e. The zero-order chi connectivity index (χ0) is 14.8. The number of H-pyrrole nitrogens is 1. The summed E-state index contributed by atoms with van der Waals surface area (Å²) >= 11 is 1.42. The van der Waals surface area contributed by atoms with Gasteiger partial charge >= 0.3 is 0 Å². The van der Waals surface area contributed by atoms with Crippen molar-refractivity contribution in [2.45, 2.75) is 10.2 Å². The molecule has 1 aromatic carbocycles. The van der Waals surface area contributed by atoms with Crippen LogP contribution >= 0.6 is 11.8 Å². The van der Waals surface area contributed by atoms with Gasteiger partial charge in [-0.3, -0.25) is 5.41 Å². The van der Waals surface area contributed by atoms with Crippen LogP contribution in [0.15, 0.2) is 46.7 Å². The third-order valence-corrected chi connectivity index (χ3v) is 3.75. The van der Waals surface area contributed by atoms with Gasteiger partial charge in [0, 0.05) is 17.8 Å². The summed E-state index contributed by atoms with van der Waals surface area (Å²) in [6, 6.07) is 9.26. The molecule has 0 unspecified atom stereocenters. The van der Waals surface area contributed by atoms with Crippen LogP contribution in [-0.4, -0.2) is 27.9 Å². The minimum atomic E-state index is 0.00915. The number of imidazole rings is 1. The van der Waals surface area contributed by atoms with Crippen LogP contribution in [0.25, 0.3) is 11.0 Å². The van der Waals surface area contributed by atoms with Gasteiger partial charge in [-0.2, -0.15) is 0 Å². The predicted octanol–water partition coefficient (Wildman–Crippen LogP) is 2.40. The normalized spacial score (nSPS) is 10.7. The van der Waals surface area contributed by atoms with Crippen LogP contribution in [0.4, 0.5) is 0 Å². The summed E-state index contributed by atoms with van der Waals surface area (Å²) in [7, 11) is 1.63. The number of fused-ring (bicyclic) bond motifs is 1. The molecule has 0 saturated carbocycles. The molecular formula is C14H13N5OS. The van der Waals surface area contributed by atoms with Crippen molar-refractivity contribution in [3.05, 3.63) is 42.1 Å². The summed E-state index contributed by atoms with van der Waals surface area (Å²) in [6.07, 6.45) is 1.58. The van der Waals surface area contributed by atoms with E-state index >= 15 is 0 Å². The van der Waals surface area contributed by atoms with Crippen molar-refractivity contribution < 1.29 is 4.74 Å². The molecule has 106 valence electrons. The number of aromatic nitrogens is 3. The third kappa shape index (κ3) is 2.82. The lowest BCUT2D eigenvalue weighted by atomic mass is 10.3. The highest BCUT2D eigenvalue weighted by atomic mass is 32.2. The standard InChI is InChI=1S/C14H13N5OS/c1-20-9-3-4-10-11(6-9)19-14(18-10)21-12-5-2-8(7-17-12)13(15)16/h2-7H,1H3,(H3,15,16)(H,18,19). The van der Waals surface area contributed by atoms with Crippen LogP contribution < -0.4 is 10.5 Å². The fourth-order valence-electron chi connectivity index (χ4n) is 1.84. The highest BCUT2D eigenvalue weighted by Gasteiger charge is 2.07. The number of nitrogens with two attached hydrogens (primary N) is 1. The van der Waals surface area contributed by atoms with Crippen LogP contribution in [-0.2, 0) is 0 Å². The number of amidine groups is 1. The molecule has 7 heteroatoms. The Balaban J connectivity index is 1.85. The van der Waals surface area contributed by atoms with Crippen LogP contribution in [0.3, 0.4) is 0 Å². The lowest BCUT2D eigenvalue weighted by Gasteiger charge is -1.99. The Hall–Kier alpha value is -2.54. The summed E-state index contributed by atoms with van der Waals surface area (Å²) in [5, 5.41) is 8.87.